The average Bonchev–Trinajstić information content (AvgIpc) is 2.85. The van der Waals surface area contributed by atoms with Gasteiger partial charge in [0, 0.05) is 7.05 Å². The Morgan fingerprint density at radius 2 is 2.17 bits per heavy atom. The molecule has 2 aromatic rings. The van der Waals surface area contributed by atoms with Crippen molar-refractivity contribution >= 4 is 27.5 Å². The summed E-state index contributed by atoms with van der Waals surface area (Å²) in [6.45, 7) is 8.69. The molecule has 0 aliphatic heterocycles. The number of nitrogens with one attached hydrogen (secondary N) is 1. The topological polar surface area (TPSA) is 66.1 Å². The van der Waals surface area contributed by atoms with Crippen LogP contribution in [0.5, 0.6) is 0 Å². The molecule has 1 amide bonds. The molecule has 6 heteroatoms. The van der Waals surface area contributed by atoms with E-state index >= 15 is 0 Å². The van der Waals surface area contributed by atoms with E-state index < -0.39 is 0 Å². The molecule has 24 heavy (non-hydrogen) atoms. The molecule has 1 aliphatic carbocycles. The van der Waals surface area contributed by atoms with Crippen molar-refractivity contribution in [2.75, 3.05) is 7.05 Å². The Morgan fingerprint density at radius 1 is 1.46 bits per heavy atom. The molecule has 0 unspecified atom stereocenters. The maximum Gasteiger partial charge on any atom is 0.268 e. The SMILES string of the molecule is CC(C)=C[C@H]1[C@H](C(=O)N(C)Cc2nc3ccsc3c(=O)[nH]2)C1(C)C. The minimum Gasteiger partial charge on any atom is -0.338 e. The van der Waals surface area contributed by atoms with Crippen LogP contribution in [0.3, 0.4) is 0 Å². The first-order valence-corrected chi connectivity index (χ1v) is 8.96. The Hall–Kier alpha value is -1.95. The van der Waals surface area contributed by atoms with Gasteiger partial charge in [0.05, 0.1) is 18.0 Å². The van der Waals surface area contributed by atoms with Crippen LogP contribution in [0, 0.1) is 17.3 Å². The lowest BCUT2D eigenvalue weighted by Gasteiger charge is -2.17. The van der Waals surface area contributed by atoms with Crippen LogP contribution < -0.4 is 5.56 Å². The van der Waals surface area contributed by atoms with Crippen LogP contribution in [0.2, 0.25) is 0 Å². The third kappa shape index (κ3) is 2.90. The fraction of sp³-hybridized carbons (Fsp3) is 0.500. The molecule has 1 aliphatic rings. The van der Waals surface area contributed by atoms with E-state index in [2.05, 4.69) is 43.7 Å². The molecular weight excluding hydrogens is 322 g/mol. The molecule has 1 fully saturated rings. The second-order valence-corrected chi connectivity index (χ2v) is 8.33. The molecule has 128 valence electrons. The first-order chi connectivity index (χ1) is 11.2. The lowest BCUT2D eigenvalue weighted by Crippen LogP contribution is -2.30. The normalized spacial score (nSPS) is 21.5. The van der Waals surface area contributed by atoms with Crippen LogP contribution in [0.1, 0.15) is 33.5 Å². The highest BCUT2D eigenvalue weighted by atomic mass is 32.1. The minimum atomic E-state index is -0.139. The van der Waals surface area contributed by atoms with Crippen molar-refractivity contribution in [3.05, 3.63) is 39.3 Å². The number of nitrogens with zero attached hydrogens (tertiary/aromatic N) is 2. The summed E-state index contributed by atoms with van der Waals surface area (Å²) in [7, 11) is 1.77. The smallest absolute Gasteiger partial charge is 0.268 e. The fourth-order valence-corrected chi connectivity index (χ4v) is 4.08. The summed E-state index contributed by atoms with van der Waals surface area (Å²) in [4.78, 5) is 33.7. The van der Waals surface area contributed by atoms with Crippen molar-refractivity contribution in [3.8, 4) is 0 Å². The number of H-pyrrole nitrogens is 1. The molecule has 3 rings (SSSR count). The van der Waals surface area contributed by atoms with E-state index in [1.807, 2.05) is 11.4 Å². The van der Waals surface area contributed by atoms with E-state index in [4.69, 9.17) is 0 Å². The number of hydrogen-bond donors (Lipinski definition) is 1. The third-order valence-corrected chi connectivity index (χ3v) is 5.72. The number of carbonyl (C=O) groups is 1. The van der Waals surface area contributed by atoms with E-state index in [1.165, 1.54) is 16.9 Å². The first kappa shape index (κ1) is 16.9. The number of thiophene rings is 1. The molecule has 2 heterocycles. The Bertz CT molecular complexity index is 874. The number of aromatic nitrogens is 2. The summed E-state index contributed by atoms with van der Waals surface area (Å²) < 4.78 is 0.625. The second kappa shape index (κ2) is 5.84. The number of allylic oxidation sites excluding steroid dienone is 2. The van der Waals surface area contributed by atoms with Gasteiger partial charge in [-0.25, -0.2) is 4.98 Å². The number of amides is 1. The van der Waals surface area contributed by atoms with Crippen molar-refractivity contribution < 1.29 is 4.79 Å². The van der Waals surface area contributed by atoms with Gasteiger partial charge in [-0.15, -0.1) is 11.3 Å². The molecule has 1 N–H and O–H groups in total. The monoisotopic (exact) mass is 345 g/mol. The van der Waals surface area contributed by atoms with Crippen molar-refractivity contribution in [2.45, 2.75) is 34.2 Å². The highest BCUT2D eigenvalue weighted by Crippen LogP contribution is 2.60. The summed E-state index contributed by atoms with van der Waals surface area (Å²) in [6.07, 6.45) is 2.19. The first-order valence-electron chi connectivity index (χ1n) is 8.08. The van der Waals surface area contributed by atoms with Gasteiger partial charge < -0.3 is 9.88 Å². The second-order valence-electron chi connectivity index (χ2n) is 7.41. The highest BCUT2D eigenvalue weighted by molar-refractivity contribution is 7.17. The van der Waals surface area contributed by atoms with Crippen LogP contribution in [-0.4, -0.2) is 27.8 Å². The van der Waals surface area contributed by atoms with Crippen molar-refractivity contribution in [3.63, 3.8) is 0 Å². The van der Waals surface area contributed by atoms with E-state index in [9.17, 15) is 9.59 Å². The molecule has 0 spiro atoms. The average molecular weight is 345 g/mol. The van der Waals surface area contributed by atoms with E-state index in [1.54, 1.807) is 11.9 Å². The van der Waals surface area contributed by atoms with Gasteiger partial charge in [-0.3, -0.25) is 9.59 Å². The molecule has 0 aromatic carbocycles. The van der Waals surface area contributed by atoms with Crippen LogP contribution in [0.25, 0.3) is 10.2 Å². The van der Waals surface area contributed by atoms with Crippen LogP contribution >= 0.6 is 11.3 Å². The Balaban J connectivity index is 1.77. The summed E-state index contributed by atoms with van der Waals surface area (Å²) in [5, 5.41) is 1.85. The van der Waals surface area contributed by atoms with Crippen LogP contribution in [0.15, 0.2) is 27.9 Å². The standard InChI is InChI=1S/C18H23N3O2S/c1-10(2)8-11-14(18(11,3)4)17(23)21(5)9-13-19-12-6-7-24-15(12)16(22)20-13/h6-8,11,14H,9H2,1-5H3,(H,19,20,22)/t11-,14+/m0/s1. The third-order valence-electron chi connectivity index (χ3n) is 4.82. The molecule has 2 aromatic heterocycles. The molecule has 1 saturated carbocycles. The predicted octanol–water partition coefficient (Wildman–Crippen LogP) is 3.18. The number of aromatic amines is 1. The van der Waals surface area contributed by atoms with Crippen molar-refractivity contribution in [1.29, 1.82) is 0 Å². The maximum absolute atomic E-state index is 12.8. The largest absolute Gasteiger partial charge is 0.338 e. The van der Waals surface area contributed by atoms with Gasteiger partial charge in [-0.05, 0) is 36.6 Å². The molecule has 5 nitrogen and oxygen atoms in total. The van der Waals surface area contributed by atoms with Gasteiger partial charge in [0.2, 0.25) is 5.91 Å². The molecular formula is C18H23N3O2S. The van der Waals surface area contributed by atoms with E-state index in [0.717, 1.165) is 0 Å². The quantitative estimate of drug-likeness (QED) is 0.866. The lowest BCUT2D eigenvalue weighted by molar-refractivity contribution is -0.132. The van der Waals surface area contributed by atoms with Gasteiger partial charge in [-0.2, -0.15) is 0 Å². The minimum absolute atomic E-state index is 0.00556. The van der Waals surface area contributed by atoms with Gasteiger partial charge in [0.15, 0.2) is 0 Å². The number of rotatable bonds is 4. The Kier molecular flexibility index (Phi) is 4.11. The lowest BCUT2D eigenvalue weighted by atomic mass is 10.1. The van der Waals surface area contributed by atoms with Gasteiger partial charge >= 0.3 is 0 Å². The summed E-state index contributed by atoms with van der Waals surface area (Å²) in [6, 6.07) is 1.83. The maximum atomic E-state index is 12.8. The summed E-state index contributed by atoms with van der Waals surface area (Å²) >= 11 is 1.38. The molecule has 0 bridgehead atoms. The molecule has 0 radical (unpaired) electrons. The fourth-order valence-electron chi connectivity index (χ4n) is 3.36. The van der Waals surface area contributed by atoms with Gasteiger partial charge in [-0.1, -0.05) is 25.5 Å². The zero-order chi connectivity index (χ0) is 17.6. The predicted molar refractivity (Wildman–Crippen MR) is 96.9 cm³/mol. The van der Waals surface area contributed by atoms with Crippen molar-refractivity contribution in [1.82, 2.24) is 14.9 Å². The molecule has 0 saturated heterocycles. The van der Waals surface area contributed by atoms with Gasteiger partial charge in [0.1, 0.15) is 10.5 Å². The number of carbonyl (C=O) groups excluding carboxylic acids is 1. The van der Waals surface area contributed by atoms with E-state index in [-0.39, 0.29) is 28.7 Å². The summed E-state index contributed by atoms with van der Waals surface area (Å²) in [5.74, 6) is 0.910. The van der Waals surface area contributed by atoms with Crippen LogP contribution in [0.4, 0.5) is 0 Å². The van der Waals surface area contributed by atoms with E-state index in [0.29, 0.717) is 22.6 Å². The number of fused-ring (bicyclic) bond motifs is 1. The zero-order valence-electron chi connectivity index (χ0n) is 14.7. The number of hydrogen-bond acceptors (Lipinski definition) is 4. The van der Waals surface area contributed by atoms with Crippen LogP contribution in [-0.2, 0) is 11.3 Å². The highest BCUT2D eigenvalue weighted by Gasteiger charge is 2.60. The van der Waals surface area contributed by atoms with Gasteiger partial charge in [0.25, 0.3) is 5.56 Å². The Morgan fingerprint density at radius 3 is 2.83 bits per heavy atom. The summed E-state index contributed by atoms with van der Waals surface area (Å²) in [5.41, 5.74) is 1.77. The molecule has 2 atom stereocenters. The Labute approximate surface area is 145 Å². The zero-order valence-corrected chi connectivity index (χ0v) is 15.5. The van der Waals surface area contributed by atoms with Crippen molar-refractivity contribution in [2.24, 2.45) is 17.3 Å².